The van der Waals surface area contributed by atoms with Crippen LogP contribution in [-0.2, 0) is 4.99 Å². The first kappa shape index (κ1) is 12.6. The first-order valence-electron chi connectivity index (χ1n) is 5.24. The van der Waals surface area contributed by atoms with Crippen molar-refractivity contribution in [2.45, 2.75) is 0 Å². The van der Waals surface area contributed by atoms with Gasteiger partial charge in [0.1, 0.15) is 5.15 Å². The van der Waals surface area contributed by atoms with Crippen LogP contribution in [0.4, 0.5) is 5.69 Å². The second-order valence-electron chi connectivity index (χ2n) is 3.56. The molecule has 5 heteroatoms. The Kier molecular flexibility index (Phi) is 4.30. The molecule has 2 rings (SSSR count). The molecule has 0 spiro atoms. The van der Waals surface area contributed by atoms with Gasteiger partial charge in [0.2, 0.25) is 0 Å². The molecule has 0 amide bonds. The van der Waals surface area contributed by atoms with Crippen LogP contribution in [0.3, 0.4) is 0 Å². The van der Waals surface area contributed by atoms with Gasteiger partial charge in [0.15, 0.2) is 0 Å². The monoisotopic (exact) mass is 262 g/mol. The van der Waals surface area contributed by atoms with Crippen molar-refractivity contribution in [2.75, 3.05) is 5.48 Å². The summed E-state index contributed by atoms with van der Waals surface area (Å²) in [5, 5.41) is 8.70. The molecule has 0 aliphatic rings. The smallest absolute Gasteiger partial charge is 0.129 e. The second-order valence-corrected chi connectivity index (χ2v) is 3.95. The van der Waals surface area contributed by atoms with E-state index in [-0.39, 0.29) is 0 Å². The Morgan fingerprint density at radius 1 is 1.06 bits per heavy atom. The van der Waals surface area contributed by atoms with Gasteiger partial charge in [0.05, 0.1) is 5.69 Å². The average Bonchev–Trinajstić information content (AvgIpc) is 2.40. The Bertz CT molecular complexity index is 524. The Hall–Kier alpha value is -1.88. The van der Waals surface area contributed by atoms with E-state index >= 15 is 0 Å². The number of hydrogen-bond donors (Lipinski definition) is 2. The Balaban J connectivity index is 2.06. The Morgan fingerprint density at radius 2 is 1.72 bits per heavy atom. The molecule has 1 heterocycles. The number of nitrogens with zero attached hydrogens (tertiary/aromatic N) is 1. The van der Waals surface area contributed by atoms with Crippen LogP contribution in [0.15, 0.2) is 42.6 Å². The average molecular weight is 263 g/mol. The lowest BCUT2D eigenvalue weighted by Gasteiger charge is -2.00. The predicted molar refractivity (Wildman–Crippen MR) is 72.0 cm³/mol. The van der Waals surface area contributed by atoms with E-state index in [0.717, 1.165) is 11.1 Å². The van der Waals surface area contributed by atoms with Crippen molar-refractivity contribution in [2.24, 2.45) is 0 Å². The zero-order valence-corrected chi connectivity index (χ0v) is 10.1. The largest absolute Gasteiger partial charge is 0.244 e. The maximum atomic E-state index is 8.22. The summed E-state index contributed by atoms with van der Waals surface area (Å²) in [6.45, 7) is 0. The van der Waals surface area contributed by atoms with Crippen molar-refractivity contribution in [3.63, 3.8) is 0 Å². The summed E-state index contributed by atoms with van der Waals surface area (Å²) in [5.74, 6) is 0. The molecule has 0 bridgehead atoms. The van der Waals surface area contributed by atoms with Crippen LogP contribution in [-0.4, -0.2) is 10.2 Å². The second kappa shape index (κ2) is 6.16. The van der Waals surface area contributed by atoms with Gasteiger partial charge in [-0.25, -0.2) is 15.7 Å². The minimum Gasteiger partial charge on any atom is -0.244 e. The van der Waals surface area contributed by atoms with Crippen LogP contribution < -0.4 is 5.48 Å². The zero-order valence-electron chi connectivity index (χ0n) is 9.38. The minimum atomic E-state index is 0.478. The molecule has 1 aromatic heterocycles. The molecule has 0 radical (unpaired) electrons. The van der Waals surface area contributed by atoms with E-state index in [4.69, 9.17) is 16.9 Å². The summed E-state index contributed by atoms with van der Waals surface area (Å²) in [4.78, 5) is 7.81. The Morgan fingerprint density at radius 3 is 2.33 bits per heavy atom. The van der Waals surface area contributed by atoms with Crippen LogP contribution >= 0.6 is 11.6 Å². The predicted octanol–water partition coefficient (Wildman–Crippen LogP) is 3.72. The van der Waals surface area contributed by atoms with E-state index in [1.54, 1.807) is 24.4 Å². The third kappa shape index (κ3) is 3.56. The first-order valence-corrected chi connectivity index (χ1v) is 5.62. The van der Waals surface area contributed by atoms with Gasteiger partial charge in [-0.15, -0.1) is 4.99 Å². The number of rotatable bonds is 4. The molecule has 0 saturated heterocycles. The van der Waals surface area contributed by atoms with Crippen molar-refractivity contribution in [1.82, 2.24) is 4.98 Å². The maximum absolute atomic E-state index is 8.22. The topological polar surface area (TPSA) is 54.4 Å². The summed E-state index contributed by atoms with van der Waals surface area (Å²) < 4.78 is 0. The highest BCUT2D eigenvalue weighted by Gasteiger charge is 1.92. The standard InChI is InChI=1S/C13H11ClN2O2/c14-13-8-5-11(9-15-13)2-1-10-3-6-12(7-4-10)16-18-17/h1-9,16-17H/b2-1+. The maximum Gasteiger partial charge on any atom is 0.129 e. The van der Waals surface area contributed by atoms with Crippen LogP contribution in [0.25, 0.3) is 12.2 Å². The molecule has 0 saturated carbocycles. The van der Waals surface area contributed by atoms with Gasteiger partial charge >= 0.3 is 0 Å². The molecule has 92 valence electrons. The fourth-order valence-corrected chi connectivity index (χ4v) is 1.51. The molecular weight excluding hydrogens is 252 g/mol. The van der Waals surface area contributed by atoms with Crippen molar-refractivity contribution in [3.05, 3.63) is 58.9 Å². The number of anilines is 1. The zero-order chi connectivity index (χ0) is 12.8. The highest BCUT2D eigenvalue weighted by Crippen LogP contribution is 2.13. The summed E-state index contributed by atoms with van der Waals surface area (Å²) in [5.41, 5.74) is 4.99. The third-order valence-corrected chi connectivity index (χ3v) is 2.52. The fourth-order valence-electron chi connectivity index (χ4n) is 1.39. The molecule has 2 N–H and O–H groups in total. The van der Waals surface area contributed by atoms with Crippen molar-refractivity contribution in [3.8, 4) is 0 Å². The van der Waals surface area contributed by atoms with Gasteiger partial charge in [-0.1, -0.05) is 42.0 Å². The highest BCUT2D eigenvalue weighted by molar-refractivity contribution is 6.29. The molecule has 2 aromatic rings. The van der Waals surface area contributed by atoms with Gasteiger partial charge in [-0.2, -0.15) is 0 Å². The molecule has 0 fully saturated rings. The van der Waals surface area contributed by atoms with Gasteiger partial charge < -0.3 is 0 Å². The number of halogens is 1. The van der Waals surface area contributed by atoms with Crippen LogP contribution in [0.2, 0.25) is 5.15 Å². The third-order valence-electron chi connectivity index (χ3n) is 2.29. The lowest BCUT2D eigenvalue weighted by molar-refractivity contribution is -0.215. The molecule has 1 aromatic carbocycles. The first-order chi connectivity index (χ1) is 8.78. The molecule has 0 aliphatic carbocycles. The molecule has 0 aliphatic heterocycles. The van der Waals surface area contributed by atoms with E-state index in [0.29, 0.717) is 10.8 Å². The van der Waals surface area contributed by atoms with Crippen LogP contribution in [0.1, 0.15) is 11.1 Å². The number of pyridine rings is 1. The van der Waals surface area contributed by atoms with Crippen molar-refractivity contribution in [1.29, 1.82) is 0 Å². The number of benzene rings is 1. The molecule has 0 unspecified atom stereocenters. The summed E-state index contributed by atoms with van der Waals surface area (Å²) in [6.07, 6.45) is 5.59. The highest BCUT2D eigenvalue weighted by atomic mass is 35.5. The lowest BCUT2D eigenvalue weighted by Crippen LogP contribution is -1.95. The molecule has 0 atom stereocenters. The normalized spacial score (nSPS) is 10.8. The van der Waals surface area contributed by atoms with Gasteiger partial charge in [-0.05, 0) is 29.3 Å². The number of aromatic nitrogens is 1. The Labute approximate surface area is 109 Å². The minimum absolute atomic E-state index is 0.478. The number of nitrogens with one attached hydrogen (secondary N) is 1. The van der Waals surface area contributed by atoms with E-state index in [1.807, 2.05) is 30.4 Å². The fraction of sp³-hybridized carbons (Fsp3) is 0. The van der Waals surface area contributed by atoms with Crippen molar-refractivity contribution >= 4 is 29.4 Å². The summed E-state index contributed by atoms with van der Waals surface area (Å²) >= 11 is 5.70. The van der Waals surface area contributed by atoms with Crippen LogP contribution in [0, 0.1) is 0 Å². The molecule has 18 heavy (non-hydrogen) atoms. The van der Waals surface area contributed by atoms with Gasteiger partial charge in [0, 0.05) is 6.20 Å². The van der Waals surface area contributed by atoms with E-state index in [1.165, 1.54) is 0 Å². The molecule has 4 nitrogen and oxygen atoms in total. The quantitative estimate of drug-likeness (QED) is 0.501. The van der Waals surface area contributed by atoms with Gasteiger partial charge in [0.25, 0.3) is 0 Å². The summed E-state index contributed by atoms with van der Waals surface area (Å²) in [6, 6.07) is 11.0. The van der Waals surface area contributed by atoms with Crippen LogP contribution in [0.5, 0.6) is 0 Å². The summed E-state index contributed by atoms with van der Waals surface area (Å²) in [7, 11) is 0. The number of hydrogen-bond acceptors (Lipinski definition) is 4. The molecular formula is C13H11ClN2O2. The van der Waals surface area contributed by atoms with E-state index in [9.17, 15) is 0 Å². The lowest BCUT2D eigenvalue weighted by atomic mass is 10.1. The van der Waals surface area contributed by atoms with E-state index < -0.39 is 0 Å². The van der Waals surface area contributed by atoms with Gasteiger partial charge in [-0.3, -0.25) is 0 Å². The van der Waals surface area contributed by atoms with Crippen molar-refractivity contribution < 1.29 is 10.2 Å². The van der Waals surface area contributed by atoms with E-state index in [2.05, 4.69) is 15.5 Å². The SMILES string of the molecule is OONc1ccc(/C=C/c2ccc(Cl)nc2)cc1.